The molecule has 34 heavy (non-hydrogen) atoms. The minimum Gasteiger partial charge on any atom is -0.373 e. The molecule has 3 rings (SSSR count). The number of aryl methyl sites for hydroxylation is 2. The molecule has 2 aliphatic rings. The van der Waals surface area contributed by atoms with E-state index in [1.54, 1.807) is 6.20 Å². The third-order valence-corrected chi connectivity index (χ3v) is 7.37. The monoisotopic (exact) mass is 463 g/mol. The van der Waals surface area contributed by atoms with Crippen molar-refractivity contribution in [3.05, 3.63) is 65.5 Å². The highest BCUT2D eigenvalue weighted by molar-refractivity contribution is 5.80. The van der Waals surface area contributed by atoms with E-state index in [1.165, 1.54) is 28.0 Å². The lowest BCUT2D eigenvalue weighted by Crippen LogP contribution is -2.47. The van der Waals surface area contributed by atoms with Gasteiger partial charge in [0.1, 0.15) is 5.84 Å². The maximum Gasteiger partial charge on any atom is 0.101 e. The van der Waals surface area contributed by atoms with Crippen molar-refractivity contribution in [2.24, 2.45) is 4.99 Å². The van der Waals surface area contributed by atoms with Crippen molar-refractivity contribution in [3.63, 3.8) is 0 Å². The van der Waals surface area contributed by atoms with Crippen molar-refractivity contribution >= 4 is 11.5 Å². The fourth-order valence-electron chi connectivity index (χ4n) is 5.23. The van der Waals surface area contributed by atoms with Gasteiger partial charge in [0.25, 0.3) is 0 Å². The van der Waals surface area contributed by atoms with Crippen molar-refractivity contribution in [1.29, 1.82) is 0 Å². The zero-order valence-electron chi connectivity index (χ0n) is 22.2. The molecule has 2 heterocycles. The predicted molar refractivity (Wildman–Crippen MR) is 147 cm³/mol. The van der Waals surface area contributed by atoms with Gasteiger partial charge in [-0.15, -0.1) is 0 Å². The Kier molecular flexibility index (Phi) is 9.40. The molecular weight excluding hydrogens is 418 g/mol. The van der Waals surface area contributed by atoms with E-state index in [0.29, 0.717) is 0 Å². The van der Waals surface area contributed by atoms with Gasteiger partial charge in [-0.25, -0.2) is 4.99 Å². The van der Waals surface area contributed by atoms with Crippen LogP contribution in [0.3, 0.4) is 0 Å². The lowest BCUT2D eigenvalue weighted by molar-refractivity contribution is 0.150. The lowest BCUT2D eigenvalue weighted by atomic mass is 9.97. The van der Waals surface area contributed by atoms with Crippen LogP contribution < -0.4 is 0 Å². The number of hydrogen-bond donors (Lipinski definition) is 0. The molecule has 0 saturated carbocycles. The van der Waals surface area contributed by atoms with Crippen molar-refractivity contribution in [2.75, 3.05) is 52.4 Å². The molecule has 0 N–H and O–H groups in total. The SMILES string of the molecule is C=C/N=C(\C)N1CCN(C(=C)c2cc(CN3CCN(/C(=C/CC)CC)CC3)c(C)cc2C)CC1. The molecule has 5 nitrogen and oxygen atoms in total. The number of rotatable bonds is 8. The summed E-state index contributed by atoms with van der Waals surface area (Å²) in [6.07, 6.45) is 6.27. The van der Waals surface area contributed by atoms with Crippen molar-refractivity contribution in [3.8, 4) is 0 Å². The second-order valence-corrected chi connectivity index (χ2v) is 9.59. The van der Waals surface area contributed by atoms with E-state index in [0.717, 1.165) is 83.3 Å². The maximum atomic E-state index is 4.52. The molecule has 0 radical (unpaired) electrons. The highest BCUT2D eigenvalue weighted by Crippen LogP contribution is 2.27. The number of benzene rings is 1. The molecule has 0 aromatic heterocycles. The summed E-state index contributed by atoms with van der Waals surface area (Å²) in [5, 5.41) is 0. The molecule has 0 aliphatic carbocycles. The lowest BCUT2D eigenvalue weighted by Gasteiger charge is -2.39. The summed E-state index contributed by atoms with van der Waals surface area (Å²) in [7, 11) is 0. The average Bonchev–Trinajstić information content (AvgIpc) is 2.84. The van der Waals surface area contributed by atoms with Gasteiger partial charge in [0.05, 0.1) is 0 Å². The molecule has 0 bridgehead atoms. The summed E-state index contributed by atoms with van der Waals surface area (Å²) < 4.78 is 0. The highest BCUT2D eigenvalue weighted by atomic mass is 15.3. The van der Waals surface area contributed by atoms with Crippen LogP contribution in [0.2, 0.25) is 0 Å². The third-order valence-electron chi connectivity index (χ3n) is 7.37. The molecule has 186 valence electrons. The van der Waals surface area contributed by atoms with Gasteiger partial charge in [-0.2, -0.15) is 0 Å². The molecule has 2 saturated heterocycles. The van der Waals surface area contributed by atoms with Crippen LogP contribution in [0, 0.1) is 13.8 Å². The van der Waals surface area contributed by atoms with E-state index in [-0.39, 0.29) is 0 Å². The van der Waals surface area contributed by atoms with Crippen LogP contribution in [0.4, 0.5) is 0 Å². The van der Waals surface area contributed by atoms with Gasteiger partial charge >= 0.3 is 0 Å². The maximum absolute atomic E-state index is 4.52. The summed E-state index contributed by atoms with van der Waals surface area (Å²) in [5.74, 6) is 1.05. The van der Waals surface area contributed by atoms with Crippen LogP contribution in [-0.4, -0.2) is 77.8 Å². The van der Waals surface area contributed by atoms with Gasteiger partial charge in [-0.3, -0.25) is 4.90 Å². The summed E-state index contributed by atoms with van der Waals surface area (Å²) >= 11 is 0. The first-order valence-electron chi connectivity index (χ1n) is 13.0. The normalized spacial score (nSPS) is 18.4. The minimum atomic E-state index is 0.969. The Bertz CT molecular complexity index is 913. The van der Waals surface area contributed by atoms with Gasteiger partial charge in [0.2, 0.25) is 0 Å². The molecule has 0 spiro atoms. The average molecular weight is 464 g/mol. The Hall–Kier alpha value is -2.53. The van der Waals surface area contributed by atoms with Crippen LogP contribution in [-0.2, 0) is 6.54 Å². The largest absolute Gasteiger partial charge is 0.373 e. The van der Waals surface area contributed by atoms with Gasteiger partial charge in [-0.1, -0.05) is 39.1 Å². The van der Waals surface area contributed by atoms with E-state index in [1.807, 2.05) is 0 Å². The summed E-state index contributed by atoms with van der Waals surface area (Å²) in [6, 6.07) is 4.76. The summed E-state index contributed by atoms with van der Waals surface area (Å²) in [5.41, 5.74) is 8.10. The topological polar surface area (TPSA) is 25.3 Å². The fourth-order valence-corrected chi connectivity index (χ4v) is 5.23. The Labute approximate surface area is 208 Å². The first-order chi connectivity index (χ1) is 16.4. The van der Waals surface area contributed by atoms with Crippen LogP contribution >= 0.6 is 0 Å². The van der Waals surface area contributed by atoms with Crippen molar-refractivity contribution < 1.29 is 0 Å². The Morgan fingerprint density at radius 3 is 2.12 bits per heavy atom. The van der Waals surface area contributed by atoms with Gasteiger partial charge < -0.3 is 14.7 Å². The first kappa shape index (κ1) is 26.1. The van der Waals surface area contributed by atoms with Crippen molar-refractivity contribution in [1.82, 2.24) is 19.6 Å². The summed E-state index contributed by atoms with van der Waals surface area (Å²) in [6.45, 7) is 28.7. The summed E-state index contributed by atoms with van der Waals surface area (Å²) in [4.78, 5) is 14.3. The standard InChI is InChI=1S/C29H45N5/c1-8-11-28(9-2)34-14-12-31(13-15-34)22-27-21-29(24(5)20-23(27)4)25(6)32-16-18-33(19-17-32)26(7)30-10-3/h10-11,20-21H,3,6,8-9,12-19,22H2,1-2,4-5,7H3/b28-11+,30-26+. The van der Waals surface area contributed by atoms with Crippen LogP contribution in [0.25, 0.3) is 5.70 Å². The second kappa shape index (κ2) is 12.3. The van der Waals surface area contributed by atoms with E-state index in [9.17, 15) is 0 Å². The van der Waals surface area contributed by atoms with E-state index >= 15 is 0 Å². The Balaban J connectivity index is 1.64. The van der Waals surface area contributed by atoms with Crippen LogP contribution in [0.1, 0.15) is 55.9 Å². The number of piperazine rings is 2. The molecule has 1 aromatic rings. The number of aliphatic imine (C=N–C) groups is 1. The van der Waals surface area contributed by atoms with E-state index < -0.39 is 0 Å². The van der Waals surface area contributed by atoms with E-state index in [4.69, 9.17) is 0 Å². The molecule has 2 fully saturated rings. The molecule has 0 atom stereocenters. The molecular formula is C29H45N5. The third kappa shape index (κ3) is 6.32. The van der Waals surface area contributed by atoms with Crippen LogP contribution in [0.15, 0.2) is 48.3 Å². The van der Waals surface area contributed by atoms with E-state index in [2.05, 4.69) is 90.6 Å². The molecule has 5 heteroatoms. The number of allylic oxidation sites excluding steroid dienone is 2. The number of hydrogen-bond acceptors (Lipinski definition) is 4. The zero-order chi connectivity index (χ0) is 24.7. The zero-order valence-corrected chi connectivity index (χ0v) is 22.2. The smallest absolute Gasteiger partial charge is 0.101 e. The van der Waals surface area contributed by atoms with Crippen LogP contribution in [0.5, 0.6) is 0 Å². The highest BCUT2D eigenvalue weighted by Gasteiger charge is 2.22. The van der Waals surface area contributed by atoms with Gasteiger partial charge in [0.15, 0.2) is 0 Å². The molecule has 2 aliphatic heterocycles. The van der Waals surface area contributed by atoms with Gasteiger partial charge in [0, 0.05) is 82.1 Å². The first-order valence-corrected chi connectivity index (χ1v) is 13.0. The van der Waals surface area contributed by atoms with Crippen molar-refractivity contribution in [2.45, 2.75) is 54.0 Å². The molecule has 0 amide bonds. The quantitative estimate of drug-likeness (QED) is 0.387. The van der Waals surface area contributed by atoms with Gasteiger partial charge in [-0.05, 0) is 56.4 Å². The molecule has 1 aromatic carbocycles. The Morgan fingerprint density at radius 1 is 0.912 bits per heavy atom. The minimum absolute atomic E-state index is 0.969. The second-order valence-electron chi connectivity index (χ2n) is 9.59. The Morgan fingerprint density at radius 2 is 1.53 bits per heavy atom. The number of nitrogens with zero attached hydrogens (tertiary/aromatic N) is 5. The fraction of sp³-hybridized carbons (Fsp3) is 0.552. The molecule has 0 unspecified atom stereocenters. The number of amidine groups is 1. The predicted octanol–water partition coefficient (Wildman–Crippen LogP) is 5.28.